The molecule has 6 nitrogen and oxygen atoms in total. The van der Waals surface area contributed by atoms with Crippen LogP contribution in [0.5, 0.6) is 0 Å². The van der Waals surface area contributed by atoms with Gasteiger partial charge in [-0.05, 0) is 145 Å². The summed E-state index contributed by atoms with van der Waals surface area (Å²) in [6, 6.07) is 7.59. The SMILES string of the molecule is C=CC.CC1(C)C(c2ccc(C(=O)O)cc2)=CCC2(C)C1CCC1(C)C2CCC2C3CCCC3(CNC(=O)OCCCN3CCSCC3)CC[C@]21C. The van der Waals surface area contributed by atoms with Crippen molar-refractivity contribution in [3.05, 3.63) is 54.1 Å². The molecule has 0 bridgehead atoms. The maximum Gasteiger partial charge on any atom is 0.407 e. The normalized spacial score (nSPS) is 37.8. The second-order valence-electron chi connectivity index (χ2n) is 18.7. The molecule has 7 unspecified atom stereocenters. The van der Waals surface area contributed by atoms with Gasteiger partial charge in [-0.2, -0.15) is 11.8 Å². The van der Waals surface area contributed by atoms with Crippen LogP contribution in [0.3, 0.4) is 0 Å². The molecule has 1 amide bonds. The molecule has 1 aromatic rings. The number of fused-ring (bicyclic) bond motifs is 7. The molecule has 0 spiro atoms. The first-order chi connectivity index (χ1) is 24.8. The van der Waals surface area contributed by atoms with Gasteiger partial charge in [0.25, 0.3) is 0 Å². The number of ether oxygens (including phenoxy) is 1. The molecule has 0 aromatic heterocycles. The Balaban J connectivity index is 0.00000150. The smallest absolute Gasteiger partial charge is 0.407 e. The number of aromatic carboxylic acids is 1. The first kappa shape index (κ1) is 39.4. The standard InChI is InChI=1S/C42H62N2O4S.C3H6/c1-38(2)31(29-9-11-30(12-10-29)36(45)46)15-18-39(3)34(38)16-19-41(5)35(39)14-13-32-33-8-6-17-42(33,21-20-40(32,41)4)28-43-37(47)48-25-7-22-44-23-26-49-27-24-44;1-3-2/h9-12,15,32-35H,6-8,13-14,16-28H2,1-5H3,(H,43,47)(H,45,46);3H,1H2,2H3/t32?,33?,34?,35?,39?,40-,41?,42?;/m1./s1. The molecule has 6 aliphatic rings. The minimum absolute atomic E-state index is 0.0248. The van der Waals surface area contributed by atoms with Gasteiger partial charge in [-0.25, -0.2) is 9.59 Å². The zero-order valence-electron chi connectivity index (χ0n) is 33.2. The Bertz CT molecular complexity index is 1480. The highest BCUT2D eigenvalue weighted by Crippen LogP contribution is 2.77. The molecule has 52 heavy (non-hydrogen) atoms. The average Bonchev–Trinajstić information content (AvgIpc) is 3.55. The number of allylic oxidation sites excluding steroid dienone is 3. The Kier molecular flexibility index (Phi) is 11.7. The van der Waals surface area contributed by atoms with Crippen LogP contribution in [0.4, 0.5) is 4.79 Å². The topological polar surface area (TPSA) is 78.9 Å². The lowest BCUT2D eigenvalue weighted by molar-refractivity contribution is -0.222. The number of carbonyl (C=O) groups excluding carboxylic acids is 1. The second-order valence-corrected chi connectivity index (χ2v) is 19.9. The summed E-state index contributed by atoms with van der Waals surface area (Å²) in [6.07, 6.45) is 17.6. The molecule has 5 aliphatic carbocycles. The third-order valence-corrected chi connectivity index (χ3v) is 17.0. The van der Waals surface area contributed by atoms with Crippen molar-refractivity contribution in [2.24, 2.45) is 50.7 Å². The Morgan fingerprint density at radius 1 is 0.942 bits per heavy atom. The lowest BCUT2D eigenvalue weighted by Gasteiger charge is -2.72. The molecule has 4 saturated carbocycles. The first-order valence-corrected chi connectivity index (χ1v) is 21.7. The summed E-state index contributed by atoms with van der Waals surface area (Å²) < 4.78 is 5.70. The fourth-order valence-electron chi connectivity index (χ4n) is 13.5. The number of carboxylic acid groups (broad SMARTS) is 1. The van der Waals surface area contributed by atoms with Crippen molar-refractivity contribution in [1.82, 2.24) is 10.2 Å². The number of benzene rings is 1. The summed E-state index contributed by atoms with van der Waals surface area (Å²) in [4.78, 5) is 26.9. The fraction of sp³-hybridized carbons (Fsp3) is 0.733. The van der Waals surface area contributed by atoms with Gasteiger partial charge < -0.3 is 20.1 Å². The Morgan fingerprint density at radius 3 is 2.35 bits per heavy atom. The number of carbonyl (C=O) groups is 2. The maximum atomic E-state index is 12.9. The van der Waals surface area contributed by atoms with Crippen molar-refractivity contribution in [2.75, 3.05) is 44.3 Å². The number of carboxylic acids is 1. The molecule has 5 fully saturated rings. The lowest BCUT2D eigenvalue weighted by atomic mass is 9.32. The van der Waals surface area contributed by atoms with Crippen molar-refractivity contribution in [2.45, 2.75) is 112 Å². The number of amides is 1. The highest BCUT2D eigenvalue weighted by molar-refractivity contribution is 7.99. The molecular formula is C45H68N2O4S. The number of hydrogen-bond donors (Lipinski definition) is 2. The minimum Gasteiger partial charge on any atom is -0.478 e. The highest BCUT2D eigenvalue weighted by Gasteiger charge is 2.69. The number of nitrogens with one attached hydrogen (secondary N) is 1. The van der Waals surface area contributed by atoms with Gasteiger partial charge in [0.05, 0.1) is 12.2 Å². The summed E-state index contributed by atoms with van der Waals surface area (Å²) in [7, 11) is 0. The van der Waals surface area contributed by atoms with Crippen LogP contribution in [0, 0.1) is 50.7 Å². The van der Waals surface area contributed by atoms with Gasteiger partial charge in [-0.3, -0.25) is 0 Å². The quantitative estimate of drug-likeness (QED) is 0.205. The van der Waals surface area contributed by atoms with Gasteiger partial charge in [0, 0.05) is 37.7 Å². The van der Waals surface area contributed by atoms with Crippen LogP contribution < -0.4 is 5.32 Å². The summed E-state index contributed by atoms with van der Waals surface area (Å²) in [5.74, 6) is 4.27. The van der Waals surface area contributed by atoms with E-state index in [1.807, 2.05) is 30.8 Å². The van der Waals surface area contributed by atoms with Crippen LogP contribution in [-0.4, -0.2) is 66.4 Å². The van der Waals surface area contributed by atoms with Crippen LogP contribution in [0.25, 0.3) is 5.57 Å². The zero-order chi connectivity index (χ0) is 37.4. The molecule has 1 saturated heterocycles. The van der Waals surface area contributed by atoms with E-state index in [1.54, 1.807) is 18.2 Å². The van der Waals surface area contributed by atoms with E-state index < -0.39 is 5.97 Å². The van der Waals surface area contributed by atoms with Crippen molar-refractivity contribution >= 4 is 29.4 Å². The van der Waals surface area contributed by atoms with Gasteiger partial charge in [0.2, 0.25) is 0 Å². The monoisotopic (exact) mass is 732 g/mol. The highest BCUT2D eigenvalue weighted by atomic mass is 32.2. The largest absolute Gasteiger partial charge is 0.478 e. The van der Waals surface area contributed by atoms with Crippen molar-refractivity contribution in [3.63, 3.8) is 0 Å². The van der Waals surface area contributed by atoms with E-state index in [0.29, 0.717) is 40.8 Å². The molecule has 0 radical (unpaired) electrons. The molecule has 1 aromatic carbocycles. The molecule has 8 atom stereocenters. The first-order valence-electron chi connectivity index (χ1n) is 20.6. The van der Waals surface area contributed by atoms with E-state index in [1.165, 1.54) is 80.4 Å². The number of hydrogen-bond acceptors (Lipinski definition) is 5. The second kappa shape index (κ2) is 15.5. The van der Waals surface area contributed by atoms with Crippen molar-refractivity contribution in [1.29, 1.82) is 0 Å². The Morgan fingerprint density at radius 2 is 1.65 bits per heavy atom. The minimum atomic E-state index is -0.864. The van der Waals surface area contributed by atoms with Gasteiger partial charge in [-0.1, -0.05) is 65.3 Å². The lowest BCUT2D eigenvalue weighted by Crippen LogP contribution is -2.65. The molecular weight excluding hydrogens is 665 g/mol. The molecule has 7 rings (SSSR count). The average molecular weight is 733 g/mol. The van der Waals surface area contributed by atoms with E-state index in [4.69, 9.17) is 4.74 Å². The predicted octanol–water partition coefficient (Wildman–Crippen LogP) is 10.6. The van der Waals surface area contributed by atoms with Crippen molar-refractivity contribution < 1.29 is 19.4 Å². The summed E-state index contributed by atoms with van der Waals surface area (Å²) in [6.45, 7) is 22.8. The van der Waals surface area contributed by atoms with Crippen LogP contribution in [0.15, 0.2) is 43.0 Å². The fourth-order valence-corrected chi connectivity index (χ4v) is 14.5. The van der Waals surface area contributed by atoms with Crippen LogP contribution >= 0.6 is 11.8 Å². The van der Waals surface area contributed by atoms with E-state index in [0.717, 1.165) is 44.9 Å². The number of nitrogens with zero attached hydrogens (tertiary/aromatic N) is 1. The zero-order valence-corrected chi connectivity index (χ0v) is 34.1. The van der Waals surface area contributed by atoms with E-state index in [9.17, 15) is 14.7 Å². The predicted molar refractivity (Wildman–Crippen MR) is 216 cm³/mol. The van der Waals surface area contributed by atoms with Gasteiger partial charge in [0.15, 0.2) is 0 Å². The number of rotatable bonds is 8. The van der Waals surface area contributed by atoms with E-state index >= 15 is 0 Å². The third kappa shape index (κ3) is 6.93. The van der Waals surface area contributed by atoms with Crippen LogP contribution in [0.2, 0.25) is 0 Å². The number of thioether (sulfide) groups is 1. The van der Waals surface area contributed by atoms with E-state index in [-0.39, 0.29) is 22.3 Å². The number of alkyl carbamates (subject to hydrolysis) is 1. The summed E-state index contributed by atoms with van der Waals surface area (Å²) >= 11 is 2.03. The van der Waals surface area contributed by atoms with Gasteiger partial charge in [0.1, 0.15) is 0 Å². The van der Waals surface area contributed by atoms with Gasteiger partial charge in [-0.15, -0.1) is 6.58 Å². The van der Waals surface area contributed by atoms with Crippen LogP contribution in [-0.2, 0) is 4.74 Å². The summed E-state index contributed by atoms with van der Waals surface area (Å²) in [5.41, 5.74) is 4.05. The molecule has 2 N–H and O–H groups in total. The molecule has 1 aliphatic heterocycles. The maximum absolute atomic E-state index is 12.9. The Labute approximate surface area is 319 Å². The molecule has 1 heterocycles. The Hall–Kier alpha value is -2.25. The van der Waals surface area contributed by atoms with Crippen LogP contribution in [0.1, 0.15) is 128 Å². The third-order valence-electron chi connectivity index (χ3n) is 16.1. The van der Waals surface area contributed by atoms with Gasteiger partial charge >= 0.3 is 12.1 Å². The molecule has 7 heteroatoms. The summed E-state index contributed by atoms with van der Waals surface area (Å²) in [5, 5.41) is 12.8. The van der Waals surface area contributed by atoms with E-state index in [2.05, 4.69) is 57.5 Å². The molecule has 288 valence electrons. The van der Waals surface area contributed by atoms with Crippen molar-refractivity contribution in [3.8, 4) is 0 Å².